The molecule has 0 spiro atoms. The molecule has 15 heavy (non-hydrogen) atoms. The third-order valence-electron chi connectivity index (χ3n) is 1.81. The van der Waals surface area contributed by atoms with Gasteiger partial charge in [0, 0.05) is 0 Å². The van der Waals surface area contributed by atoms with E-state index in [1.807, 2.05) is 9.24 Å². The summed E-state index contributed by atoms with van der Waals surface area (Å²) < 4.78 is 0. The highest BCUT2D eigenvalue weighted by Crippen LogP contribution is 2.00. The molecule has 0 fully saturated rings. The van der Waals surface area contributed by atoms with Gasteiger partial charge in [-0.05, 0) is 26.2 Å². The largest absolute Gasteiger partial charge is 0.395 e. The molecule has 0 bridgehead atoms. The molecule has 0 rings (SSSR count). The number of hydrogen-bond donors (Lipinski definition) is 1. The van der Waals surface area contributed by atoms with Crippen LogP contribution in [0, 0.1) is 0 Å². The van der Waals surface area contributed by atoms with Gasteiger partial charge in [-0.1, -0.05) is 20.8 Å². The lowest BCUT2D eigenvalue weighted by Gasteiger charge is -2.00. The molecule has 1 unspecified atom stereocenters. The molecule has 1 atom stereocenters. The molecule has 5 nitrogen and oxygen atoms in total. The molecule has 0 heterocycles. The second kappa shape index (κ2) is 10.0. The van der Waals surface area contributed by atoms with Crippen LogP contribution in [0.2, 0.25) is 0 Å². The summed E-state index contributed by atoms with van der Waals surface area (Å²) in [7, 11) is 2.05. The maximum Gasteiger partial charge on any atom is 0.195 e. The van der Waals surface area contributed by atoms with E-state index in [1.165, 1.54) is 0 Å². The van der Waals surface area contributed by atoms with Crippen LogP contribution in [-0.2, 0) is 14.5 Å². The molecule has 0 aromatic carbocycles. The number of hydrogen-bond acceptors (Lipinski definition) is 5. The molecule has 0 amide bonds. The van der Waals surface area contributed by atoms with Crippen molar-refractivity contribution >= 4 is 20.5 Å². The zero-order chi connectivity index (χ0) is 11.5. The van der Waals surface area contributed by atoms with Gasteiger partial charge in [-0.15, -0.1) is 0 Å². The molecule has 0 aliphatic rings. The van der Waals surface area contributed by atoms with Crippen molar-refractivity contribution in [3.63, 3.8) is 0 Å². The molecule has 0 aliphatic carbocycles. The summed E-state index contributed by atoms with van der Waals surface area (Å²) in [4.78, 5) is 20.1. The zero-order valence-electron chi connectivity index (χ0n) is 9.07. The minimum atomic E-state index is -0.143. The highest BCUT2D eigenvalue weighted by Gasteiger charge is 1.97. The number of unbranched alkanes of at least 4 members (excludes halogenated alkanes) is 3. The van der Waals surface area contributed by atoms with E-state index in [-0.39, 0.29) is 5.52 Å². The maximum absolute atomic E-state index is 10.7. The summed E-state index contributed by atoms with van der Waals surface area (Å²) >= 11 is 0. The average Bonchev–Trinajstić information content (AvgIpc) is 2.21. The first-order valence-corrected chi connectivity index (χ1v) is 5.54. The summed E-state index contributed by atoms with van der Waals surface area (Å²) in [6.45, 7) is 2.76. The van der Waals surface area contributed by atoms with Gasteiger partial charge in [0.05, 0.1) is 6.61 Å². The Balaban J connectivity index is 3.25. The fourth-order valence-electron chi connectivity index (χ4n) is 0.893. The number of nitrogens with zero attached hydrogens (tertiary/aromatic N) is 1. The molecule has 0 saturated carbocycles. The summed E-state index contributed by atoms with van der Waals surface area (Å²) in [6.07, 6.45) is 3.99. The molecule has 0 aromatic heterocycles. The molecule has 0 aliphatic heterocycles. The van der Waals surface area contributed by atoms with E-state index < -0.39 is 0 Å². The molecular formula is C9H19N2O3P. The van der Waals surface area contributed by atoms with Gasteiger partial charge in [0.15, 0.2) is 5.52 Å². The van der Waals surface area contributed by atoms with Crippen molar-refractivity contribution in [1.29, 1.82) is 0 Å². The fourth-order valence-corrected chi connectivity index (χ4v) is 0.946. The van der Waals surface area contributed by atoms with Crippen molar-refractivity contribution in [3.8, 4) is 0 Å². The van der Waals surface area contributed by atoms with Gasteiger partial charge >= 0.3 is 0 Å². The normalized spacial score (nSPS) is 11.5. The Hall–Kier alpha value is -0.510. The van der Waals surface area contributed by atoms with E-state index in [0.717, 1.165) is 25.7 Å². The van der Waals surface area contributed by atoms with Crippen molar-refractivity contribution < 1.29 is 14.5 Å². The van der Waals surface area contributed by atoms with Crippen LogP contribution in [0.15, 0.2) is 5.16 Å². The molecule has 88 valence electrons. The highest BCUT2D eigenvalue weighted by molar-refractivity contribution is 7.45. The Kier molecular flexibility index (Phi) is 9.68. The summed E-state index contributed by atoms with van der Waals surface area (Å²) in [6, 6.07) is 0. The summed E-state index contributed by atoms with van der Waals surface area (Å²) in [5.74, 6) is 4.88. The standard InChI is InChI=1S/C9H19N2O3P/c1-8(9(12)15)11-14-7-5-3-2-4-6-13-10/h2-7,10,15H2,1H3/b11-8-. The summed E-state index contributed by atoms with van der Waals surface area (Å²) in [5.41, 5.74) is 0.228. The predicted molar refractivity (Wildman–Crippen MR) is 62.4 cm³/mol. The van der Waals surface area contributed by atoms with Crippen LogP contribution in [0.25, 0.3) is 0 Å². The number of oxime groups is 1. The Morgan fingerprint density at radius 3 is 2.40 bits per heavy atom. The van der Waals surface area contributed by atoms with Crippen LogP contribution in [-0.4, -0.2) is 24.4 Å². The molecule has 6 heteroatoms. The molecule has 0 aromatic rings. The van der Waals surface area contributed by atoms with Crippen molar-refractivity contribution in [2.45, 2.75) is 32.6 Å². The van der Waals surface area contributed by atoms with E-state index in [1.54, 1.807) is 6.92 Å². The number of rotatable bonds is 9. The van der Waals surface area contributed by atoms with Crippen molar-refractivity contribution in [1.82, 2.24) is 0 Å². The van der Waals surface area contributed by atoms with E-state index in [4.69, 9.17) is 10.7 Å². The minimum Gasteiger partial charge on any atom is -0.395 e. The first kappa shape index (κ1) is 14.5. The predicted octanol–water partition coefficient (Wildman–Crippen LogP) is 1.23. The van der Waals surface area contributed by atoms with E-state index in [0.29, 0.717) is 18.9 Å². The summed E-state index contributed by atoms with van der Waals surface area (Å²) in [5, 5.41) is 3.66. The Bertz CT molecular complexity index is 210. The van der Waals surface area contributed by atoms with Crippen LogP contribution in [0.5, 0.6) is 0 Å². The number of nitrogens with two attached hydrogens (primary N) is 1. The Morgan fingerprint density at radius 1 is 1.27 bits per heavy atom. The van der Waals surface area contributed by atoms with Gasteiger partial charge in [-0.2, -0.15) is 0 Å². The van der Waals surface area contributed by atoms with Gasteiger partial charge in [0.1, 0.15) is 12.3 Å². The van der Waals surface area contributed by atoms with E-state index >= 15 is 0 Å². The third kappa shape index (κ3) is 9.79. The molecule has 0 saturated heterocycles. The first-order valence-electron chi connectivity index (χ1n) is 4.96. The third-order valence-corrected chi connectivity index (χ3v) is 2.22. The zero-order valence-corrected chi connectivity index (χ0v) is 10.2. The van der Waals surface area contributed by atoms with Gasteiger partial charge in [0.25, 0.3) is 0 Å². The highest BCUT2D eigenvalue weighted by atomic mass is 31.0. The van der Waals surface area contributed by atoms with Crippen LogP contribution in [0.1, 0.15) is 32.6 Å². The average molecular weight is 234 g/mol. The quantitative estimate of drug-likeness (QED) is 0.282. The van der Waals surface area contributed by atoms with Gasteiger partial charge < -0.3 is 9.68 Å². The van der Waals surface area contributed by atoms with E-state index in [9.17, 15) is 4.79 Å². The Labute approximate surface area is 92.5 Å². The van der Waals surface area contributed by atoms with Crippen molar-refractivity contribution in [2.24, 2.45) is 11.1 Å². The second-order valence-electron chi connectivity index (χ2n) is 3.16. The van der Waals surface area contributed by atoms with Gasteiger partial charge in [-0.25, -0.2) is 5.90 Å². The van der Waals surface area contributed by atoms with Crippen LogP contribution in [0.3, 0.4) is 0 Å². The van der Waals surface area contributed by atoms with Gasteiger partial charge in [0.2, 0.25) is 0 Å². The smallest absolute Gasteiger partial charge is 0.195 e. The fraction of sp³-hybridized carbons (Fsp3) is 0.778. The number of carbonyl (C=O) groups excluding carboxylic acids is 1. The lowest BCUT2D eigenvalue weighted by Crippen LogP contribution is -2.02. The Morgan fingerprint density at radius 2 is 1.87 bits per heavy atom. The van der Waals surface area contributed by atoms with Crippen LogP contribution >= 0.6 is 9.24 Å². The minimum absolute atomic E-state index is 0.143. The lowest BCUT2D eigenvalue weighted by molar-refractivity contribution is -0.105. The molecule has 0 radical (unpaired) electrons. The van der Waals surface area contributed by atoms with Gasteiger partial charge in [-0.3, -0.25) is 4.79 Å². The van der Waals surface area contributed by atoms with E-state index in [2.05, 4.69) is 9.99 Å². The maximum atomic E-state index is 10.7. The molecule has 2 N–H and O–H groups in total. The van der Waals surface area contributed by atoms with Crippen LogP contribution in [0.4, 0.5) is 0 Å². The molecular weight excluding hydrogens is 215 g/mol. The topological polar surface area (TPSA) is 73.9 Å². The SMILES string of the molecule is C/C(=N/OCCCCCCON)C(=O)P. The monoisotopic (exact) mass is 234 g/mol. The van der Waals surface area contributed by atoms with Crippen LogP contribution < -0.4 is 5.90 Å². The first-order chi connectivity index (χ1) is 7.18. The lowest BCUT2D eigenvalue weighted by atomic mass is 10.2. The second-order valence-corrected chi connectivity index (χ2v) is 3.68. The van der Waals surface area contributed by atoms with Crippen molar-refractivity contribution in [3.05, 3.63) is 0 Å². The van der Waals surface area contributed by atoms with Crippen molar-refractivity contribution in [2.75, 3.05) is 13.2 Å². The number of carbonyl (C=O) groups is 1.